The predicted molar refractivity (Wildman–Crippen MR) is 70.0 cm³/mol. The van der Waals surface area contributed by atoms with Gasteiger partial charge in [0, 0.05) is 24.3 Å². The van der Waals surface area contributed by atoms with Crippen molar-refractivity contribution in [3.63, 3.8) is 0 Å². The van der Waals surface area contributed by atoms with Crippen LogP contribution in [0.2, 0.25) is 0 Å². The van der Waals surface area contributed by atoms with Crippen LogP contribution >= 0.6 is 12.4 Å². The van der Waals surface area contributed by atoms with Gasteiger partial charge in [0.05, 0.1) is 0 Å². The molecule has 0 saturated heterocycles. The van der Waals surface area contributed by atoms with Gasteiger partial charge in [-0.25, -0.2) is 0 Å². The first-order valence-corrected chi connectivity index (χ1v) is 5.63. The Bertz CT molecular complexity index is 477. The summed E-state index contributed by atoms with van der Waals surface area (Å²) in [6.45, 7) is 3.28. The van der Waals surface area contributed by atoms with Crippen molar-refractivity contribution >= 4 is 23.3 Å². The molecule has 0 aliphatic heterocycles. The molecule has 2 aromatic rings. The Hall–Kier alpha value is -0.990. The average Bonchev–Trinajstić information content (AvgIpc) is 2.78. The second kappa shape index (κ2) is 4.48. The number of halogens is 1. The fourth-order valence-corrected chi connectivity index (χ4v) is 2.14. The molecule has 1 heterocycles. The van der Waals surface area contributed by atoms with Crippen LogP contribution in [0, 0.1) is 5.92 Å². The predicted octanol–water partition coefficient (Wildman–Crippen LogP) is 3.09. The molecule has 1 saturated carbocycles. The Morgan fingerprint density at radius 3 is 2.94 bits per heavy atom. The zero-order valence-corrected chi connectivity index (χ0v) is 10.2. The molecule has 0 radical (unpaired) electrons. The van der Waals surface area contributed by atoms with E-state index in [9.17, 15) is 0 Å². The number of fused-ring (bicyclic) bond motifs is 1. The van der Waals surface area contributed by atoms with Crippen LogP contribution in [0.15, 0.2) is 30.5 Å². The van der Waals surface area contributed by atoms with Crippen LogP contribution in [0.25, 0.3) is 10.9 Å². The van der Waals surface area contributed by atoms with Crippen molar-refractivity contribution in [2.75, 3.05) is 0 Å². The Labute approximate surface area is 102 Å². The first kappa shape index (κ1) is 11.5. The molecular formula is C13H17ClN2. The fraction of sp³-hybridized carbons (Fsp3) is 0.385. The number of nitrogens with one attached hydrogen (secondary N) is 2. The maximum Gasteiger partial charge on any atom is 0.0499 e. The largest absolute Gasteiger partial charge is 0.361 e. The lowest BCUT2D eigenvalue weighted by molar-refractivity contribution is 0.654. The van der Waals surface area contributed by atoms with E-state index in [1.807, 2.05) is 6.20 Å². The van der Waals surface area contributed by atoms with Gasteiger partial charge in [-0.15, -0.1) is 12.4 Å². The highest BCUT2D eigenvalue weighted by atomic mass is 35.5. The number of rotatable bonds is 3. The molecule has 3 heteroatoms. The van der Waals surface area contributed by atoms with Gasteiger partial charge in [0.25, 0.3) is 0 Å². The van der Waals surface area contributed by atoms with Crippen LogP contribution in [0.3, 0.4) is 0 Å². The smallest absolute Gasteiger partial charge is 0.0499 e. The number of para-hydroxylation sites is 1. The number of aromatic nitrogens is 1. The second-order valence-corrected chi connectivity index (χ2v) is 4.56. The molecule has 2 unspecified atom stereocenters. The molecule has 3 rings (SSSR count). The molecule has 16 heavy (non-hydrogen) atoms. The zero-order valence-electron chi connectivity index (χ0n) is 9.36. The highest BCUT2D eigenvalue weighted by Crippen LogP contribution is 2.29. The van der Waals surface area contributed by atoms with Crippen molar-refractivity contribution < 1.29 is 0 Å². The number of aromatic amines is 1. The van der Waals surface area contributed by atoms with Crippen molar-refractivity contribution in [2.24, 2.45) is 5.92 Å². The SMILES string of the molecule is CC1CC1NCc1cccc2cc[nH]c12.Cl. The molecule has 86 valence electrons. The minimum atomic E-state index is 0. The standard InChI is InChI=1S/C13H16N2.ClH/c1-9-7-12(9)15-8-11-4-2-3-10-5-6-14-13(10)11;/h2-6,9,12,14-15H,7-8H2,1H3;1H. The Balaban J connectivity index is 0.000000963. The monoisotopic (exact) mass is 236 g/mol. The third-order valence-electron chi connectivity index (χ3n) is 3.34. The van der Waals surface area contributed by atoms with E-state index in [-0.39, 0.29) is 12.4 Å². The molecule has 2 atom stereocenters. The summed E-state index contributed by atoms with van der Waals surface area (Å²) in [5, 5.41) is 4.89. The summed E-state index contributed by atoms with van der Waals surface area (Å²) < 4.78 is 0. The number of hydrogen-bond donors (Lipinski definition) is 2. The van der Waals surface area contributed by atoms with E-state index < -0.39 is 0 Å². The minimum absolute atomic E-state index is 0. The summed E-state index contributed by atoms with van der Waals surface area (Å²) in [6, 6.07) is 9.34. The topological polar surface area (TPSA) is 27.8 Å². The van der Waals surface area contributed by atoms with Gasteiger partial charge in [0.1, 0.15) is 0 Å². The molecule has 2 N–H and O–H groups in total. The van der Waals surface area contributed by atoms with Crippen molar-refractivity contribution in [1.82, 2.24) is 10.3 Å². The van der Waals surface area contributed by atoms with Gasteiger partial charge in [0.15, 0.2) is 0 Å². The molecule has 1 aliphatic carbocycles. The second-order valence-electron chi connectivity index (χ2n) is 4.56. The quantitative estimate of drug-likeness (QED) is 0.842. The van der Waals surface area contributed by atoms with E-state index >= 15 is 0 Å². The Morgan fingerprint density at radius 2 is 2.19 bits per heavy atom. The van der Waals surface area contributed by atoms with E-state index in [2.05, 4.69) is 41.5 Å². The molecule has 0 bridgehead atoms. The van der Waals surface area contributed by atoms with Crippen LogP contribution in [0.5, 0.6) is 0 Å². The van der Waals surface area contributed by atoms with Gasteiger partial charge in [0.2, 0.25) is 0 Å². The van der Waals surface area contributed by atoms with Gasteiger partial charge >= 0.3 is 0 Å². The Kier molecular flexibility index (Phi) is 3.22. The summed E-state index contributed by atoms with van der Waals surface area (Å²) in [7, 11) is 0. The number of H-pyrrole nitrogens is 1. The average molecular weight is 237 g/mol. The molecule has 2 nitrogen and oxygen atoms in total. The normalized spacial score (nSPS) is 23.1. The van der Waals surface area contributed by atoms with Crippen molar-refractivity contribution in [1.29, 1.82) is 0 Å². The van der Waals surface area contributed by atoms with Crippen molar-refractivity contribution in [3.8, 4) is 0 Å². The summed E-state index contributed by atoms with van der Waals surface area (Å²) in [4.78, 5) is 3.30. The van der Waals surface area contributed by atoms with Gasteiger partial charge in [-0.1, -0.05) is 25.1 Å². The number of hydrogen-bond acceptors (Lipinski definition) is 1. The highest BCUT2D eigenvalue weighted by molar-refractivity contribution is 5.85. The maximum absolute atomic E-state index is 3.58. The summed E-state index contributed by atoms with van der Waals surface area (Å²) in [5.74, 6) is 0.868. The van der Waals surface area contributed by atoms with Gasteiger partial charge in [-0.05, 0) is 29.4 Å². The number of benzene rings is 1. The molecule has 0 spiro atoms. The molecule has 1 aromatic carbocycles. The lowest BCUT2D eigenvalue weighted by Gasteiger charge is -2.04. The van der Waals surface area contributed by atoms with Crippen molar-refractivity contribution in [2.45, 2.75) is 25.9 Å². The first-order chi connectivity index (χ1) is 7.34. The van der Waals surface area contributed by atoms with Crippen LogP contribution in [0.1, 0.15) is 18.9 Å². The van der Waals surface area contributed by atoms with E-state index in [0.717, 1.165) is 18.5 Å². The van der Waals surface area contributed by atoms with E-state index in [0.29, 0.717) is 0 Å². The van der Waals surface area contributed by atoms with Crippen LogP contribution in [-0.4, -0.2) is 11.0 Å². The fourth-order valence-electron chi connectivity index (χ4n) is 2.14. The lowest BCUT2D eigenvalue weighted by Crippen LogP contribution is -2.17. The van der Waals surface area contributed by atoms with Gasteiger partial charge < -0.3 is 10.3 Å². The third kappa shape index (κ3) is 2.08. The third-order valence-corrected chi connectivity index (χ3v) is 3.34. The molecule has 1 fully saturated rings. The summed E-state index contributed by atoms with van der Waals surface area (Å²) >= 11 is 0. The van der Waals surface area contributed by atoms with Gasteiger partial charge in [-0.2, -0.15) is 0 Å². The van der Waals surface area contributed by atoms with E-state index in [1.54, 1.807) is 0 Å². The van der Waals surface area contributed by atoms with Crippen LogP contribution in [0.4, 0.5) is 0 Å². The highest BCUT2D eigenvalue weighted by Gasteiger charge is 2.31. The van der Waals surface area contributed by atoms with Crippen molar-refractivity contribution in [3.05, 3.63) is 36.0 Å². The van der Waals surface area contributed by atoms with Gasteiger partial charge in [-0.3, -0.25) is 0 Å². The van der Waals surface area contributed by atoms with Crippen LogP contribution < -0.4 is 5.32 Å². The Morgan fingerprint density at radius 1 is 1.38 bits per heavy atom. The lowest BCUT2D eigenvalue weighted by atomic mass is 10.1. The minimum Gasteiger partial charge on any atom is -0.361 e. The van der Waals surface area contributed by atoms with Crippen LogP contribution in [-0.2, 0) is 6.54 Å². The molecular weight excluding hydrogens is 220 g/mol. The van der Waals surface area contributed by atoms with E-state index in [1.165, 1.54) is 22.9 Å². The molecule has 1 aromatic heterocycles. The maximum atomic E-state index is 3.58. The molecule has 0 amide bonds. The molecule has 1 aliphatic rings. The van der Waals surface area contributed by atoms with E-state index in [4.69, 9.17) is 0 Å². The first-order valence-electron chi connectivity index (χ1n) is 5.63. The zero-order chi connectivity index (χ0) is 10.3. The summed E-state index contributed by atoms with van der Waals surface area (Å²) in [5.41, 5.74) is 2.65. The summed E-state index contributed by atoms with van der Waals surface area (Å²) in [6.07, 6.45) is 3.34.